The number of benzene rings is 1. The van der Waals surface area contributed by atoms with E-state index in [0.717, 1.165) is 19.4 Å². The molecule has 0 bridgehead atoms. The van der Waals surface area contributed by atoms with Gasteiger partial charge in [0, 0.05) is 24.7 Å². The molecule has 6 nitrogen and oxygen atoms in total. The van der Waals surface area contributed by atoms with Gasteiger partial charge in [0.2, 0.25) is 5.91 Å². The third-order valence-corrected chi connectivity index (χ3v) is 5.01. The molecule has 1 aliphatic rings. The quantitative estimate of drug-likeness (QED) is 0.869. The summed E-state index contributed by atoms with van der Waals surface area (Å²) < 4.78 is 20.8. The molecule has 1 aromatic carbocycles. The molecule has 1 aliphatic heterocycles. The van der Waals surface area contributed by atoms with Crippen molar-refractivity contribution in [1.82, 2.24) is 9.88 Å². The van der Waals surface area contributed by atoms with E-state index < -0.39 is 17.8 Å². The highest BCUT2D eigenvalue weighted by Gasteiger charge is 2.20. The number of carbonyl (C=O) groups excluding carboxylic acids is 2. The smallest absolute Gasteiger partial charge is 0.282 e. The number of aromatic nitrogens is 1. The summed E-state index contributed by atoms with van der Waals surface area (Å²) in [7, 11) is 0. The summed E-state index contributed by atoms with van der Waals surface area (Å²) in [5.74, 6) is -1.48. The minimum atomic E-state index is -0.675. The average molecular weight is 377 g/mol. The molecule has 1 N–H and O–H groups in total. The number of ether oxygens (including phenoxy) is 1. The minimum absolute atomic E-state index is 0.0606. The molecule has 1 fully saturated rings. The SMILES string of the molecule is CC(C(=O)NCC1CCCO1)n1ccsc1=NC(=O)c1ccccc1F. The lowest BCUT2D eigenvalue weighted by atomic mass is 10.2. The Morgan fingerprint density at radius 1 is 1.46 bits per heavy atom. The number of nitrogens with one attached hydrogen (secondary N) is 1. The second kappa shape index (κ2) is 8.37. The van der Waals surface area contributed by atoms with Crippen molar-refractivity contribution in [3.63, 3.8) is 0 Å². The Morgan fingerprint density at radius 2 is 2.27 bits per heavy atom. The van der Waals surface area contributed by atoms with Crippen molar-refractivity contribution in [3.8, 4) is 0 Å². The summed E-state index contributed by atoms with van der Waals surface area (Å²) in [6.07, 6.45) is 3.70. The number of nitrogens with zero attached hydrogens (tertiary/aromatic N) is 2. The third-order valence-electron chi connectivity index (χ3n) is 4.24. The lowest BCUT2D eigenvalue weighted by Crippen LogP contribution is -2.38. The van der Waals surface area contributed by atoms with Gasteiger partial charge in [-0.15, -0.1) is 11.3 Å². The first-order chi connectivity index (χ1) is 12.6. The Morgan fingerprint density at radius 3 is 3.00 bits per heavy atom. The average Bonchev–Trinajstić information content (AvgIpc) is 3.31. The molecule has 138 valence electrons. The van der Waals surface area contributed by atoms with E-state index in [4.69, 9.17) is 4.74 Å². The van der Waals surface area contributed by atoms with Crippen LogP contribution in [-0.2, 0) is 9.53 Å². The van der Waals surface area contributed by atoms with E-state index in [2.05, 4.69) is 10.3 Å². The second-order valence-electron chi connectivity index (χ2n) is 6.05. The maximum atomic E-state index is 13.7. The lowest BCUT2D eigenvalue weighted by molar-refractivity contribution is -0.124. The molecular weight excluding hydrogens is 357 g/mol. The molecule has 3 rings (SSSR count). The molecule has 0 aliphatic carbocycles. The van der Waals surface area contributed by atoms with Gasteiger partial charge in [0.25, 0.3) is 5.91 Å². The summed E-state index contributed by atoms with van der Waals surface area (Å²) in [6, 6.07) is 5.14. The van der Waals surface area contributed by atoms with Gasteiger partial charge < -0.3 is 14.6 Å². The van der Waals surface area contributed by atoms with Gasteiger partial charge in [-0.3, -0.25) is 9.59 Å². The first kappa shape index (κ1) is 18.5. The zero-order valence-corrected chi connectivity index (χ0v) is 15.2. The molecule has 2 aromatic rings. The van der Waals surface area contributed by atoms with Gasteiger partial charge in [0.05, 0.1) is 11.7 Å². The Bertz CT molecular complexity index is 855. The van der Waals surface area contributed by atoms with Crippen LogP contribution in [0.3, 0.4) is 0 Å². The maximum absolute atomic E-state index is 13.7. The Kier molecular flexibility index (Phi) is 5.95. The first-order valence-electron chi connectivity index (χ1n) is 8.45. The van der Waals surface area contributed by atoms with Crippen LogP contribution in [0.25, 0.3) is 0 Å². The van der Waals surface area contributed by atoms with E-state index in [-0.39, 0.29) is 17.6 Å². The van der Waals surface area contributed by atoms with Crippen molar-refractivity contribution in [2.45, 2.75) is 31.9 Å². The minimum Gasteiger partial charge on any atom is -0.376 e. The van der Waals surface area contributed by atoms with Gasteiger partial charge in [-0.25, -0.2) is 4.39 Å². The number of hydrogen-bond donors (Lipinski definition) is 1. The van der Waals surface area contributed by atoms with E-state index in [1.54, 1.807) is 29.1 Å². The lowest BCUT2D eigenvalue weighted by Gasteiger charge is -2.16. The highest BCUT2D eigenvalue weighted by Crippen LogP contribution is 2.12. The van der Waals surface area contributed by atoms with Gasteiger partial charge in [0.15, 0.2) is 4.80 Å². The van der Waals surface area contributed by atoms with Crippen molar-refractivity contribution in [3.05, 3.63) is 52.0 Å². The van der Waals surface area contributed by atoms with E-state index in [1.165, 1.54) is 29.5 Å². The number of rotatable bonds is 5. The van der Waals surface area contributed by atoms with Gasteiger partial charge in [0.1, 0.15) is 11.9 Å². The predicted octanol–water partition coefficient (Wildman–Crippen LogP) is 2.29. The topological polar surface area (TPSA) is 72.7 Å². The van der Waals surface area contributed by atoms with Crippen molar-refractivity contribution >= 4 is 23.2 Å². The van der Waals surface area contributed by atoms with Crippen LogP contribution in [0.5, 0.6) is 0 Å². The summed E-state index contributed by atoms with van der Waals surface area (Å²) in [4.78, 5) is 29.0. The molecule has 0 saturated carbocycles. The number of carbonyl (C=O) groups is 2. The molecule has 2 unspecified atom stereocenters. The van der Waals surface area contributed by atoms with Crippen LogP contribution in [0.15, 0.2) is 40.8 Å². The molecule has 26 heavy (non-hydrogen) atoms. The fourth-order valence-corrected chi connectivity index (χ4v) is 3.53. The van der Waals surface area contributed by atoms with Crippen LogP contribution in [-0.4, -0.2) is 35.6 Å². The number of halogens is 1. The summed E-state index contributed by atoms with van der Waals surface area (Å²) in [6.45, 7) is 2.93. The molecule has 8 heteroatoms. The van der Waals surface area contributed by atoms with E-state index in [9.17, 15) is 14.0 Å². The largest absolute Gasteiger partial charge is 0.376 e. The van der Waals surface area contributed by atoms with Crippen molar-refractivity contribution < 1.29 is 18.7 Å². The zero-order chi connectivity index (χ0) is 18.5. The normalized spacial score (nSPS) is 18.7. The highest BCUT2D eigenvalue weighted by molar-refractivity contribution is 7.07. The van der Waals surface area contributed by atoms with Crippen molar-refractivity contribution in [1.29, 1.82) is 0 Å². The van der Waals surface area contributed by atoms with Crippen LogP contribution in [0, 0.1) is 5.82 Å². The molecule has 1 saturated heterocycles. The fraction of sp³-hybridized carbons (Fsp3) is 0.389. The second-order valence-corrected chi connectivity index (χ2v) is 6.92. The molecule has 2 amide bonds. The van der Waals surface area contributed by atoms with Crippen LogP contribution < -0.4 is 10.1 Å². The first-order valence-corrected chi connectivity index (χ1v) is 9.33. The standard InChI is InChI=1S/C18H20FN3O3S/c1-12(16(23)20-11-13-5-4-9-25-13)22-8-10-26-18(22)21-17(24)14-6-2-3-7-15(14)19/h2-3,6-8,10,12-13H,4-5,9,11H2,1H3,(H,20,23). The van der Waals surface area contributed by atoms with Crippen molar-refractivity contribution in [2.75, 3.05) is 13.2 Å². The molecule has 1 aromatic heterocycles. The molecule has 0 spiro atoms. The Labute approximate surface area is 154 Å². The monoisotopic (exact) mass is 377 g/mol. The summed E-state index contributed by atoms with van der Waals surface area (Å²) >= 11 is 1.22. The summed E-state index contributed by atoms with van der Waals surface area (Å²) in [5, 5.41) is 4.60. The maximum Gasteiger partial charge on any atom is 0.282 e. The summed E-state index contributed by atoms with van der Waals surface area (Å²) in [5.41, 5.74) is -0.0945. The fourth-order valence-electron chi connectivity index (χ4n) is 2.74. The Hall–Kier alpha value is -2.32. The number of hydrogen-bond acceptors (Lipinski definition) is 4. The van der Waals surface area contributed by atoms with Crippen LogP contribution in [0.4, 0.5) is 4.39 Å². The highest BCUT2D eigenvalue weighted by atomic mass is 32.1. The number of thiazole rings is 1. The van der Waals surface area contributed by atoms with Gasteiger partial charge in [-0.2, -0.15) is 4.99 Å². The molecule has 2 atom stereocenters. The Balaban J connectivity index is 1.73. The van der Waals surface area contributed by atoms with Gasteiger partial charge in [-0.05, 0) is 31.9 Å². The predicted molar refractivity (Wildman–Crippen MR) is 95.3 cm³/mol. The molecular formula is C18H20FN3O3S. The zero-order valence-electron chi connectivity index (χ0n) is 14.4. The van der Waals surface area contributed by atoms with Gasteiger partial charge in [-0.1, -0.05) is 12.1 Å². The van der Waals surface area contributed by atoms with Crippen molar-refractivity contribution in [2.24, 2.45) is 4.99 Å². The van der Waals surface area contributed by atoms with E-state index in [1.807, 2.05) is 0 Å². The molecule has 2 heterocycles. The number of amides is 2. The van der Waals surface area contributed by atoms with Crippen LogP contribution >= 0.6 is 11.3 Å². The van der Waals surface area contributed by atoms with Crippen LogP contribution in [0.2, 0.25) is 0 Å². The van der Waals surface area contributed by atoms with Gasteiger partial charge >= 0.3 is 0 Å². The molecule has 0 radical (unpaired) electrons. The van der Waals surface area contributed by atoms with Crippen LogP contribution in [0.1, 0.15) is 36.2 Å². The van der Waals surface area contributed by atoms with E-state index in [0.29, 0.717) is 11.3 Å². The van der Waals surface area contributed by atoms with E-state index >= 15 is 0 Å². The third kappa shape index (κ3) is 4.25.